The monoisotopic (exact) mass is 516 g/mol. The normalized spacial score (nSPS) is 21.5. The predicted octanol–water partition coefficient (Wildman–Crippen LogP) is 2.62. The average Bonchev–Trinajstić information content (AvgIpc) is 3.47. The molecule has 2 aromatic heterocycles. The Bertz CT molecular complexity index is 1030. The van der Waals surface area contributed by atoms with Crippen LogP contribution in [0.4, 0.5) is 0 Å². The van der Waals surface area contributed by atoms with Crippen LogP contribution in [0.5, 0.6) is 0 Å². The van der Waals surface area contributed by atoms with Crippen molar-refractivity contribution in [3.05, 3.63) is 24.8 Å². The summed E-state index contributed by atoms with van der Waals surface area (Å²) in [6, 6.07) is 0. The fraction of sp³-hybridized carbons (Fsp3) is 0.720. The molecule has 0 saturated carbocycles. The van der Waals surface area contributed by atoms with Gasteiger partial charge in [-0.25, -0.2) is 0 Å². The van der Waals surface area contributed by atoms with E-state index >= 15 is 0 Å². The molecule has 204 valence electrons. The molecule has 0 aliphatic carbocycles. The van der Waals surface area contributed by atoms with Gasteiger partial charge in [0.2, 0.25) is 0 Å². The van der Waals surface area contributed by atoms with E-state index in [9.17, 15) is 4.79 Å². The van der Waals surface area contributed by atoms with Gasteiger partial charge in [0.05, 0.1) is 35.4 Å². The minimum absolute atomic E-state index is 0.231. The van der Waals surface area contributed by atoms with Gasteiger partial charge >= 0.3 is 20.2 Å². The van der Waals surface area contributed by atoms with Crippen molar-refractivity contribution < 1.29 is 28.1 Å². The fourth-order valence-corrected chi connectivity index (χ4v) is 3.57. The van der Waals surface area contributed by atoms with E-state index in [1.807, 2.05) is 82.4 Å². The van der Waals surface area contributed by atoms with Gasteiger partial charge < -0.3 is 23.4 Å². The number of rotatable bonds is 5. The molecule has 2 aliphatic rings. The number of hydrogen-bond donors (Lipinski definition) is 1. The van der Waals surface area contributed by atoms with Gasteiger partial charge in [0, 0.05) is 35.7 Å². The molecule has 4 rings (SSSR count). The third kappa shape index (κ3) is 7.04. The van der Waals surface area contributed by atoms with E-state index in [4.69, 9.17) is 23.4 Å². The van der Waals surface area contributed by atoms with Crippen LogP contribution in [0.2, 0.25) is 0 Å². The summed E-state index contributed by atoms with van der Waals surface area (Å²) in [5, 5.41) is 10.9. The lowest BCUT2D eigenvalue weighted by Crippen LogP contribution is -2.41. The summed E-state index contributed by atoms with van der Waals surface area (Å²) in [4.78, 5) is 11.8. The Morgan fingerprint density at radius 1 is 0.892 bits per heavy atom. The van der Waals surface area contributed by atoms with Crippen LogP contribution in [0.3, 0.4) is 0 Å². The topological polar surface area (TPSA) is 110 Å². The molecule has 0 aromatic carbocycles. The summed E-state index contributed by atoms with van der Waals surface area (Å²) in [6.07, 6.45) is 7.37. The van der Waals surface area contributed by atoms with Crippen molar-refractivity contribution in [3.8, 4) is 0 Å². The molecule has 2 fully saturated rings. The smallest absolute Gasteiger partial charge is 0.460 e. The summed E-state index contributed by atoms with van der Waals surface area (Å²) in [6.45, 7) is 22.2. The molecule has 10 nitrogen and oxygen atoms in total. The van der Waals surface area contributed by atoms with Crippen LogP contribution in [-0.4, -0.2) is 68.2 Å². The number of carbonyl (C=O) groups excluding carboxylic acids is 1. The highest BCUT2D eigenvalue weighted by Gasteiger charge is 2.53. The van der Waals surface area contributed by atoms with Gasteiger partial charge in [-0.05, 0) is 76.2 Å². The minimum atomic E-state index is -0.463. The second kappa shape index (κ2) is 10.2. The number of hydrogen-bond acceptors (Lipinski definition) is 8. The number of aryl methyl sites for hydroxylation is 1. The maximum atomic E-state index is 11.8. The molecular weight excluding hydrogens is 474 g/mol. The predicted molar refractivity (Wildman–Crippen MR) is 143 cm³/mol. The first-order chi connectivity index (χ1) is 16.8. The van der Waals surface area contributed by atoms with Crippen LogP contribution < -0.4 is 10.9 Å². The summed E-state index contributed by atoms with van der Waals surface area (Å²) >= 11 is 0. The zero-order chi connectivity index (χ0) is 27.9. The number of H-pyrrole nitrogens is 1. The highest BCUT2D eigenvalue weighted by atomic mass is 16.7. The lowest BCUT2D eigenvalue weighted by atomic mass is 9.82. The number of aromatic amines is 1. The van der Waals surface area contributed by atoms with Gasteiger partial charge in [-0.3, -0.25) is 14.6 Å². The van der Waals surface area contributed by atoms with E-state index in [-0.39, 0.29) is 41.9 Å². The average molecular weight is 516 g/mol. The molecule has 1 N–H and O–H groups in total. The Kier molecular flexibility index (Phi) is 8.11. The molecule has 0 atom stereocenters. The molecule has 4 heterocycles. The van der Waals surface area contributed by atoms with Crippen molar-refractivity contribution in [3.63, 3.8) is 0 Å². The number of nitrogens with one attached hydrogen (secondary N) is 1. The van der Waals surface area contributed by atoms with E-state index < -0.39 is 12.7 Å². The molecule has 2 aromatic rings. The molecule has 37 heavy (non-hydrogen) atoms. The van der Waals surface area contributed by atoms with E-state index in [0.717, 1.165) is 10.9 Å². The molecule has 0 spiro atoms. The summed E-state index contributed by atoms with van der Waals surface area (Å²) in [7, 11) is -0.742. The molecule has 2 saturated heterocycles. The lowest BCUT2D eigenvalue weighted by Gasteiger charge is -2.32. The van der Waals surface area contributed by atoms with Crippen LogP contribution >= 0.6 is 0 Å². The highest BCUT2D eigenvalue weighted by molar-refractivity contribution is 6.62. The molecule has 0 unspecified atom stereocenters. The van der Waals surface area contributed by atoms with Crippen LogP contribution in [0, 0.1) is 0 Å². The fourth-order valence-electron chi connectivity index (χ4n) is 3.57. The van der Waals surface area contributed by atoms with Crippen molar-refractivity contribution >= 4 is 31.1 Å². The number of esters is 1. The van der Waals surface area contributed by atoms with Crippen LogP contribution in [0.1, 0.15) is 82.6 Å². The molecular formula is C25H42B2N4O6. The van der Waals surface area contributed by atoms with Crippen LogP contribution in [0.25, 0.3) is 0 Å². The quantitative estimate of drug-likeness (QED) is 0.478. The van der Waals surface area contributed by atoms with Crippen molar-refractivity contribution in [2.45, 2.75) is 117 Å². The number of aromatic nitrogens is 4. The highest BCUT2D eigenvalue weighted by Crippen LogP contribution is 2.37. The van der Waals surface area contributed by atoms with Gasteiger partial charge in [-0.2, -0.15) is 10.2 Å². The van der Waals surface area contributed by atoms with Crippen molar-refractivity contribution in [1.29, 1.82) is 0 Å². The van der Waals surface area contributed by atoms with Gasteiger partial charge in [-0.15, -0.1) is 0 Å². The van der Waals surface area contributed by atoms with E-state index in [2.05, 4.69) is 15.3 Å². The Balaban J connectivity index is 0.000000231. The molecule has 12 heteroatoms. The standard InChI is InChI=1S/C16H27BN2O4.C9H15BN2O2/c1-14(2,3)21-13(20)8-9-19-11-12(10-18-19)17-22-15(4,5)16(6,7)23-17;1-8(2)9(3,4)14-10(13-8)7-5-11-12-6-7/h10-11H,8-9H2,1-7H3;5-6H,1-4H3,(H,11,12). The second-order valence-electron chi connectivity index (χ2n) is 12.6. The van der Waals surface area contributed by atoms with Crippen molar-refractivity contribution in [1.82, 2.24) is 20.0 Å². The SMILES string of the molecule is CC(C)(C)OC(=O)CCn1cc(B2OC(C)(C)C(C)(C)O2)cn1.CC1(C)OB(c2cn[nH]c2)OC1(C)C. The van der Waals surface area contributed by atoms with Crippen molar-refractivity contribution in [2.24, 2.45) is 0 Å². The Morgan fingerprint density at radius 3 is 1.81 bits per heavy atom. The Hall–Kier alpha value is -2.14. The first kappa shape index (κ1) is 29.4. The van der Waals surface area contributed by atoms with Gasteiger partial charge in [-0.1, -0.05) is 0 Å². The van der Waals surface area contributed by atoms with Crippen LogP contribution in [-0.2, 0) is 34.7 Å². The van der Waals surface area contributed by atoms with E-state index in [1.165, 1.54) is 0 Å². The molecule has 0 radical (unpaired) electrons. The minimum Gasteiger partial charge on any atom is -0.460 e. The van der Waals surface area contributed by atoms with Gasteiger partial charge in [0.25, 0.3) is 0 Å². The zero-order valence-electron chi connectivity index (χ0n) is 24.2. The maximum absolute atomic E-state index is 11.8. The first-order valence-electron chi connectivity index (χ1n) is 12.8. The zero-order valence-corrected chi connectivity index (χ0v) is 24.2. The van der Waals surface area contributed by atoms with E-state index in [0.29, 0.717) is 6.54 Å². The Morgan fingerprint density at radius 2 is 1.38 bits per heavy atom. The third-order valence-electron chi connectivity index (χ3n) is 7.19. The lowest BCUT2D eigenvalue weighted by molar-refractivity contribution is -0.155. The molecule has 2 aliphatic heterocycles. The molecule has 0 amide bonds. The van der Waals surface area contributed by atoms with Crippen molar-refractivity contribution in [2.75, 3.05) is 0 Å². The summed E-state index contributed by atoms with van der Waals surface area (Å²) in [5.41, 5.74) is 0.00219. The van der Waals surface area contributed by atoms with Gasteiger partial charge in [0.15, 0.2) is 0 Å². The summed E-state index contributed by atoms with van der Waals surface area (Å²) in [5.74, 6) is -0.231. The number of carbonyl (C=O) groups is 1. The number of nitrogens with zero attached hydrogens (tertiary/aromatic N) is 3. The largest absolute Gasteiger partial charge is 0.498 e. The third-order valence-corrected chi connectivity index (χ3v) is 7.19. The molecule has 0 bridgehead atoms. The second-order valence-corrected chi connectivity index (χ2v) is 12.6. The van der Waals surface area contributed by atoms with Gasteiger partial charge in [0.1, 0.15) is 5.60 Å². The maximum Gasteiger partial charge on any atom is 0.498 e. The van der Waals surface area contributed by atoms with E-state index in [1.54, 1.807) is 23.3 Å². The number of ether oxygens (including phenoxy) is 1. The Labute approximate surface area is 221 Å². The first-order valence-corrected chi connectivity index (χ1v) is 12.8. The summed E-state index contributed by atoms with van der Waals surface area (Å²) < 4.78 is 30.6. The van der Waals surface area contributed by atoms with Crippen LogP contribution in [0.15, 0.2) is 24.8 Å².